The second kappa shape index (κ2) is 22.8. The maximum Gasteiger partial charge on any atom is 0.357 e. The fourth-order valence-corrected chi connectivity index (χ4v) is 11.1. The first-order chi connectivity index (χ1) is 33.4. The molecule has 0 amide bonds. The Morgan fingerprint density at radius 2 is 1.01 bits per heavy atom. The van der Waals surface area contributed by atoms with Crippen LogP contribution in [0, 0.1) is 27.0 Å². The number of halogens is 2. The molecule has 0 saturated carbocycles. The first kappa shape index (κ1) is 57.5. The molecule has 0 radical (unpaired) electrons. The summed E-state index contributed by atoms with van der Waals surface area (Å²) < 4.78 is 58.8. The van der Waals surface area contributed by atoms with E-state index < -0.39 is 26.9 Å². The van der Waals surface area contributed by atoms with Crippen molar-refractivity contribution in [3.8, 4) is 28.7 Å². The smallest absolute Gasteiger partial charge is 0.357 e. The van der Waals surface area contributed by atoms with Gasteiger partial charge < -0.3 is 22.8 Å². The molecule has 0 saturated heterocycles. The van der Waals surface area contributed by atoms with Crippen LogP contribution in [-0.2, 0) is 32.0 Å². The van der Waals surface area contributed by atoms with Gasteiger partial charge >= 0.3 is 10.3 Å². The SMILES string of the molecule is [C-]#[N+]c1ccc(C[C@@H](c2nnc(-c3ccc(NS(=O)(=O)O)cc3)o2)[C@H](C)O[Si](C)(C)C(C)(C)C)c(C)c1Cl.[C-]#[N+]c1ccc(C[C@@H](c2nnc(-c3ccc(O)cc3)o2)[C@H](C)O[Si](C)(C)C(C)(C)C)c(C)c1Cl. The largest absolute Gasteiger partial charge is 0.508 e. The van der Waals surface area contributed by atoms with Gasteiger partial charge in [-0.1, -0.05) is 89.0 Å². The van der Waals surface area contributed by atoms with Crippen molar-refractivity contribution in [2.45, 2.75) is 142 Å². The van der Waals surface area contributed by atoms with Crippen LogP contribution in [0.2, 0.25) is 46.3 Å². The predicted octanol–water partition coefficient (Wildman–Crippen LogP) is 14.9. The topological polar surface area (TPSA) is 192 Å². The van der Waals surface area contributed by atoms with Crippen molar-refractivity contribution in [2.75, 3.05) is 4.72 Å². The lowest BCUT2D eigenvalue weighted by Crippen LogP contribution is -2.44. The molecule has 15 nitrogen and oxygen atoms in total. The van der Waals surface area contributed by atoms with Crippen LogP contribution in [0.3, 0.4) is 0 Å². The minimum atomic E-state index is -4.38. The van der Waals surface area contributed by atoms with E-state index in [1.165, 1.54) is 12.1 Å². The Balaban J connectivity index is 0.000000269. The van der Waals surface area contributed by atoms with Gasteiger partial charge in [-0.05, 0) is 148 Å². The van der Waals surface area contributed by atoms with Crippen molar-refractivity contribution in [1.29, 1.82) is 0 Å². The third-order valence-corrected chi connectivity index (χ3v) is 24.4. The number of anilines is 1. The molecule has 2 aromatic heterocycles. The average Bonchev–Trinajstić information content (AvgIpc) is 3.98. The summed E-state index contributed by atoms with van der Waals surface area (Å²) in [5, 5.41) is 27.8. The highest BCUT2D eigenvalue weighted by atomic mass is 35.5. The minimum Gasteiger partial charge on any atom is -0.508 e. The Hall–Kier alpha value is -5.42. The van der Waals surface area contributed by atoms with Crippen LogP contribution in [-0.4, -0.2) is 67.3 Å². The minimum absolute atomic E-state index is 0.000146. The molecule has 384 valence electrons. The summed E-state index contributed by atoms with van der Waals surface area (Å²) in [6, 6.07) is 20.2. The molecular formula is C52H65Cl2N7O8SSi2. The molecule has 0 fully saturated rings. The first-order valence-electron chi connectivity index (χ1n) is 23.3. The van der Waals surface area contributed by atoms with E-state index in [-0.39, 0.29) is 51.4 Å². The zero-order valence-corrected chi connectivity index (χ0v) is 47.7. The van der Waals surface area contributed by atoms with Gasteiger partial charge in [-0.2, -0.15) is 8.42 Å². The number of hydrogen-bond donors (Lipinski definition) is 3. The molecule has 4 atom stereocenters. The fraction of sp³-hybridized carbons (Fsp3) is 0.423. The summed E-state index contributed by atoms with van der Waals surface area (Å²) in [5.74, 6) is 1.21. The second-order valence-electron chi connectivity index (χ2n) is 21.0. The van der Waals surface area contributed by atoms with Crippen molar-refractivity contribution in [3.63, 3.8) is 0 Å². The number of nitrogens with zero attached hydrogens (tertiary/aromatic N) is 6. The number of phenols is 1. The lowest BCUT2D eigenvalue weighted by atomic mass is 9.92. The zero-order chi connectivity index (χ0) is 53.7. The molecule has 6 aromatic rings. The van der Waals surface area contributed by atoms with Crippen LogP contribution >= 0.6 is 23.2 Å². The molecule has 6 rings (SSSR count). The molecule has 0 bridgehead atoms. The van der Waals surface area contributed by atoms with Crippen LogP contribution in [0.5, 0.6) is 5.75 Å². The maximum absolute atomic E-state index is 11.1. The predicted molar refractivity (Wildman–Crippen MR) is 290 cm³/mol. The number of hydrogen-bond acceptors (Lipinski definition) is 11. The van der Waals surface area contributed by atoms with E-state index in [0.29, 0.717) is 57.5 Å². The Morgan fingerprint density at radius 3 is 1.35 bits per heavy atom. The molecule has 2 heterocycles. The molecule has 0 aliphatic rings. The normalized spacial score (nSPS) is 14.0. The number of benzene rings is 4. The van der Waals surface area contributed by atoms with Crippen LogP contribution in [0.15, 0.2) is 81.6 Å². The van der Waals surface area contributed by atoms with Gasteiger partial charge in [0.15, 0.2) is 16.6 Å². The van der Waals surface area contributed by atoms with Gasteiger partial charge in [-0.15, -0.1) is 20.4 Å². The summed E-state index contributed by atoms with van der Waals surface area (Å²) >= 11 is 12.9. The van der Waals surface area contributed by atoms with E-state index in [4.69, 9.17) is 58.6 Å². The molecule has 0 aliphatic carbocycles. The molecule has 0 unspecified atom stereocenters. The highest BCUT2D eigenvalue weighted by Crippen LogP contribution is 2.43. The van der Waals surface area contributed by atoms with Crippen LogP contribution in [0.25, 0.3) is 32.6 Å². The Labute approximate surface area is 436 Å². The highest BCUT2D eigenvalue weighted by molar-refractivity contribution is 7.87. The average molecular weight is 1080 g/mol. The number of aromatic nitrogens is 4. The summed E-state index contributed by atoms with van der Waals surface area (Å²) in [7, 11) is -8.58. The molecule has 3 N–H and O–H groups in total. The van der Waals surface area contributed by atoms with Gasteiger partial charge in [-0.3, -0.25) is 9.27 Å². The van der Waals surface area contributed by atoms with Crippen molar-refractivity contribution in [1.82, 2.24) is 20.4 Å². The van der Waals surface area contributed by atoms with E-state index in [1.54, 1.807) is 48.5 Å². The Bertz CT molecular complexity index is 3050. The van der Waals surface area contributed by atoms with Gasteiger partial charge in [-0.25, -0.2) is 9.69 Å². The summed E-state index contributed by atoms with van der Waals surface area (Å²) in [6.07, 6.45) is 0.645. The third kappa shape index (κ3) is 14.2. The maximum atomic E-state index is 11.1. The van der Waals surface area contributed by atoms with Crippen molar-refractivity contribution in [2.24, 2.45) is 0 Å². The van der Waals surface area contributed by atoms with Crippen LogP contribution in [0.4, 0.5) is 17.1 Å². The van der Waals surface area contributed by atoms with Gasteiger partial charge in [0.2, 0.25) is 34.9 Å². The quantitative estimate of drug-likeness (QED) is 0.0473. The van der Waals surface area contributed by atoms with Gasteiger partial charge in [0.1, 0.15) is 5.75 Å². The van der Waals surface area contributed by atoms with Gasteiger partial charge in [0, 0.05) is 11.1 Å². The van der Waals surface area contributed by atoms with Crippen molar-refractivity contribution < 1.29 is 35.8 Å². The highest BCUT2D eigenvalue weighted by Gasteiger charge is 2.42. The number of phenolic OH excluding ortho intramolecular Hbond substituents is 1. The van der Waals surface area contributed by atoms with Crippen LogP contribution in [0.1, 0.15) is 101 Å². The molecule has 0 spiro atoms. The van der Waals surface area contributed by atoms with E-state index >= 15 is 0 Å². The number of aromatic hydroxyl groups is 1. The van der Waals surface area contributed by atoms with Gasteiger partial charge in [0.05, 0.1) is 52.9 Å². The van der Waals surface area contributed by atoms with Crippen LogP contribution < -0.4 is 4.72 Å². The molecule has 4 aromatic carbocycles. The Kier molecular flexibility index (Phi) is 18.2. The monoisotopic (exact) mass is 1070 g/mol. The zero-order valence-electron chi connectivity index (χ0n) is 43.3. The third-order valence-electron chi connectivity index (χ3n) is 13.8. The van der Waals surface area contributed by atoms with Crippen molar-refractivity contribution >= 4 is 67.2 Å². The standard InChI is InChI=1S/C26H33ClN4O5SSi.C26H32ClN3O3Si/c1-16-19(11-14-22(28-6)23(16)27)15-21(17(2)36-38(7,8)26(3,4)5)25-30-29-24(35-25)18-9-12-20(13-10-18)31-37(32,33)34;1-16-19(11-14-22(28-6)23(16)27)15-21(17(2)33-34(7,8)26(3,4)5)25-30-29-24(32-25)18-9-12-20(31)13-10-18/h9-14,17,21,31H,15H2,1-5,7-8H3,(H,32,33,34);9-14,17,21,31H,15H2,1-5,7-8H3/t2*17-,21+/m00/s1. The first-order valence-corrected chi connectivity index (χ1v) is 31.4. The summed E-state index contributed by atoms with van der Waals surface area (Å²) in [6.45, 7) is 44.6. The molecular weight excluding hydrogens is 1010 g/mol. The lowest BCUT2D eigenvalue weighted by molar-refractivity contribution is 0.154. The molecule has 72 heavy (non-hydrogen) atoms. The summed E-state index contributed by atoms with van der Waals surface area (Å²) in [5.41, 5.74) is 6.02. The molecule has 0 aliphatic heterocycles. The Morgan fingerprint density at radius 1 is 0.653 bits per heavy atom. The van der Waals surface area contributed by atoms with E-state index in [0.717, 1.165) is 27.8 Å². The van der Waals surface area contributed by atoms with Gasteiger partial charge in [0.25, 0.3) is 0 Å². The fourth-order valence-electron chi connectivity index (χ4n) is 7.30. The van der Waals surface area contributed by atoms with E-state index in [1.807, 2.05) is 37.6 Å². The lowest BCUT2D eigenvalue weighted by Gasteiger charge is -2.40. The van der Waals surface area contributed by atoms with E-state index in [2.05, 4.69) is 105 Å². The number of rotatable bonds is 16. The van der Waals surface area contributed by atoms with E-state index in [9.17, 15) is 13.5 Å². The summed E-state index contributed by atoms with van der Waals surface area (Å²) in [4.78, 5) is 6.99. The molecule has 20 heteroatoms. The second-order valence-corrected chi connectivity index (χ2v) is 32.4. The van der Waals surface area contributed by atoms with Crippen molar-refractivity contribution in [3.05, 3.63) is 140 Å². The number of nitrogens with one attached hydrogen (secondary N) is 1.